The lowest BCUT2D eigenvalue weighted by Crippen LogP contribution is -2.79. The normalized spacial score (nSPS) is 34.8. The molecule has 2 saturated heterocycles. The highest BCUT2D eigenvalue weighted by atomic mass is 16.7. The van der Waals surface area contributed by atoms with Gasteiger partial charge in [-0.1, -0.05) is 41.5 Å². The van der Waals surface area contributed by atoms with Crippen LogP contribution in [0.5, 0.6) is 17.2 Å². The molecule has 1 aromatic heterocycles. The van der Waals surface area contributed by atoms with Gasteiger partial charge in [-0.2, -0.15) is 0 Å². The first-order valence-corrected chi connectivity index (χ1v) is 23.4. The van der Waals surface area contributed by atoms with Crippen molar-refractivity contribution in [3.05, 3.63) is 82.0 Å². The second-order valence-electron chi connectivity index (χ2n) is 20.6. The van der Waals surface area contributed by atoms with Gasteiger partial charge in [0.1, 0.15) is 47.3 Å². The number of nitrogens with zero attached hydrogens (tertiary/aromatic N) is 3. The van der Waals surface area contributed by atoms with Gasteiger partial charge in [-0.3, -0.25) is 4.79 Å². The summed E-state index contributed by atoms with van der Waals surface area (Å²) in [6.07, 6.45) is 4.11. The number of carbonyl (C=O) groups is 2. The van der Waals surface area contributed by atoms with Crippen molar-refractivity contribution < 1.29 is 58.4 Å². The maximum absolute atomic E-state index is 15.9. The van der Waals surface area contributed by atoms with Crippen molar-refractivity contribution in [1.82, 2.24) is 9.55 Å². The van der Waals surface area contributed by atoms with Crippen molar-refractivity contribution in [3.63, 3.8) is 0 Å². The van der Waals surface area contributed by atoms with Crippen LogP contribution in [0.3, 0.4) is 0 Å². The Morgan fingerprint density at radius 3 is 2.43 bits per heavy atom. The molecule has 5 aliphatic heterocycles. The number of hydrogen-bond donors (Lipinski definition) is 4. The number of fused-ring (bicyclic) bond motifs is 6. The minimum Gasteiger partial charge on any atom is -0.482 e. The third-order valence-electron chi connectivity index (χ3n) is 15.4. The number of ether oxygens (including phenoxy) is 6. The highest BCUT2D eigenvalue weighted by Gasteiger charge is 2.86. The fourth-order valence-electron chi connectivity index (χ4n) is 12.3. The number of para-hydroxylation sites is 2. The number of methoxy groups -OCH3 is 1. The Morgan fingerprint density at radius 1 is 0.970 bits per heavy atom. The number of imidazole rings is 1. The quantitative estimate of drug-likeness (QED) is 0.0946. The Labute approximate surface area is 389 Å². The standard InChI is InChI=1S/C52H61N3O12/c1-25(2)13-12-20-50(8)21-19-29-42(65-50)28(17-16-26(3)4)44-35(43(29)64-47-41(59)40(58)39(57)33(24-56)63-47)37-36-38(55-32-15-11-10-14-31(32)53-48(55)54-37)30-23-34-49(6,7)67-51(45(30)60,52(34,36)66-44)22-18-27(5)46(61)62-9/h10-11,13-16,18-19,21,30,33-34,36,38-41,47,56-59H,12,17,20,22-24H2,1-9H3/t30?,33-,34?,36?,38?,39-,40+,41-,47+,50?,51?,52?/m1/s1. The van der Waals surface area contributed by atoms with Crippen LogP contribution in [0, 0.1) is 17.8 Å². The molecule has 67 heavy (non-hydrogen) atoms. The van der Waals surface area contributed by atoms with E-state index in [4.69, 9.17) is 38.4 Å². The third kappa shape index (κ3) is 6.59. The van der Waals surface area contributed by atoms with Gasteiger partial charge in [0, 0.05) is 29.4 Å². The van der Waals surface area contributed by atoms with E-state index in [0.29, 0.717) is 70.2 Å². The smallest absolute Gasteiger partial charge is 0.333 e. The number of Topliss-reactive ketones (excluding diaryl/α,β-unsaturated/α-hetero) is 1. The van der Waals surface area contributed by atoms with Gasteiger partial charge in [-0.15, -0.1) is 0 Å². The van der Waals surface area contributed by atoms with Crippen LogP contribution in [0.25, 0.3) is 17.1 Å². The molecule has 7 unspecified atom stereocenters. The number of esters is 1. The fraction of sp³-hybridized carbons (Fsp3) is 0.538. The van der Waals surface area contributed by atoms with E-state index in [0.717, 1.165) is 17.5 Å². The maximum Gasteiger partial charge on any atom is 0.333 e. The van der Waals surface area contributed by atoms with Gasteiger partial charge in [0.15, 0.2) is 17.0 Å². The summed E-state index contributed by atoms with van der Waals surface area (Å²) in [5.41, 5.74) is 1.43. The van der Waals surface area contributed by atoms with Gasteiger partial charge < -0.3 is 53.4 Å². The minimum absolute atomic E-state index is 0.0106. The molecule has 1 spiro atoms. The van der Waals surface area contributed by atoms with E-state index in [1.807, 2.05) is 71.0 Å². The van der Waals surface area contributed by atoms with E-state index in [-0.39, 0.29) is 23.9 Å². The Bertz CT molecular complexity index is 2740. The average Bonchev–Trinajstić information content (AvgIpc) is 3.73. The first-order valence-electron chi connectivity index (χ1n) is 23.4. The predicted octanol–water partition coefficient (Wildman–Crippen LogP) is 6.33. The molecule has 15 nitrogen and oxygen atoms in total. The number of benzene rings is 2. The zero-order valence-electron chi connectivity index (χ0n) is 39.5. The molecule has 0 amide bonds. The van der Waals surface area contributed by atoms with E-state index in [9.17, 15) is 25.2 Å². The summed E-state index contributed by atoms with van der Waals surface area (Å²) in [5, 5.41) is 43.7. The van der Waals surface area contributed by atoms with E-state index in [1.165, 1.54) is 12.7 Å². The molecule has 0 radical (unpaired) electrons. The van der Waals surface area contributed by atoms with Gasteiger partial charge in [0.2, 0.25) is 12.2 Å². The van der Waals surface area contributed by atoms with Crippen molar-refractivity contribution in [1.29, 1.82) is 0 Å². The van der Waals surface area contributed by atoms with Crippen LogP contribution in [0.15, 0.2) is 70.3 Å². The first kappa shape index (κ1) is 45.6. The molecule has 5 fully saturated rings. The van der Waals surface area contributed by atoms with Gasteiger partial charge in [0.25, 0.3) is 0 Å². The molecular formula is C52H61N3O12. The molecule has 12 atom stereocenters. The SMILES string of the molecule is COC(=O)C(C)=CCC12OC(C)(C)C3CC(C1=O)C1C4C(=Nc5nc6ccccc6n51)c1c(O[C@@H]5O[C@H](CO)[C@@H](O)[C@H](O)[C@H]5O)c5c(c(CC=C(C)C)c1OC432)OC(C)(CCC=C(C)C)C=C5. The van der Waals surface area contributed by atoms with Crippen molar-refractivity contribution in [2.24, 2.45) is 22.7 Å². The zero-order valence-corrected chi connectivity index (χ0v) is 39.5. The number of aliphatic imine (C=N–C) groups is 1. The van der Waals surface area contributed by atoms with Crippen LogP contribution in [0.1, 0.15) is 104 Å². The Hall–Kier alpha value is -5.16. The molecule has 4 N–H and O–H groups in total. The van der Waals surface area contributed by atoms with E-state index in [1.54, 1.807) is 13.0 Å². The molecule has 6 heterocycles. The van der Waals surface area contributed by atoms with E-state index in [2.05, 4.69) is 30.6 Å². The second-order valence-corrected chi connectivity index (χ2v) is 20.6. The van der Waals surface area contributed by atoms with Crippen LogP contribution in [-0.2, 0) is 30.2 Å². The number of hydrogen-bond acceptors (Lipinski definition) is 14. The number of aromatic nitrogens is 2. The van der Waals surface area contributed by atoms with Gasteiger partial charge in [-0.25, -0.2) is 14.8 Å². The molecule has 11 rings (SSSR count). The van der Waals surface area contributed by atoms with Crippen LogP contribution in [0.4, 0.5) is 5.95 Å². The minimum atomic E-state index is -1.75. The summed E-state index contributed by atoms with van der Waals surface area (Å²) >= 11 is 0. The van der Waals surface area contributed by atoms with Crippen molar-refractivity contribution >= 4 is 40.5 Å². The highest BCUT2D eigenvalue weighted by molar-refractivity contribution is 6.15. The van der Waals surface area contributed by atoms with Crippen molar-refractivity contribution in [2.75, 3.05) is 13.7 Å². The highest BCUT2D eigenvalue weighted by Crippen LogP contribution is 2.74. The number of carbonyl (C=O) groups excluding carboxylic acids is 2. The number of rotatable bonds is 11. The fourth-order valence-corrected chi connectivity index (χ4v) is 12.3. The molecule has 8 aliphatic rings. The molecule has 3 aliphatic carbocycles. The Balaban J connectivity index is 1.30. The average molecular weight is 920 g/mol. The number of aliphatic hydroxyl groups excluding tert-OH is 4. The van der Waals surface area contributed by atoms with Gasteiger partial charge in [-0.05, 0) is 105 Å². The molecule has 3 aromatic rings. The molecule has 3 saturated carbocycles. The third-order valence-corrected chi connectivity index (χ3v) is 15.4. The van der Waals surface area contributed by atoms with Crippen LogP contribution in [0.2, 0.25) is 0 Å². The van der Waals surface area contributed by atoms with Crippen LogP contribution < -0.4 is 14.2 Å². The van der Waals surface area contributed by atoms with E-state index >= 15 is 4.79 Å². The number of allylic oxidation sites excluding steroid dienone is 4. The molecule has 4 bridgehead atoms. The maximum atomic E-state index is 15.9. The van der Waals surface area contributed by atoms with E-state index < -0.39 is 83.6 Å². The lowest BCUT2D eigenvalue weighted by molar-refractivity contribution is -0.277. The summed E-state index contributed by atoms with van der Waals surface area (Å²) in [5.74, 6) is -0.944. The van der Waals surface area contributed by atoms with Gasteiger partial charge >= 0.3 is 5.97 Å². The van der Waals surface area contributed by atoms with Crippen molar-refractivity contribution in [2.45, 2.75) is 147 Å². The summed E-state index contributed by atoms with van der Waals surface area (Å²) < 4.78 is 42.5. The Morgan fingerprint density at radius 2 is 1.72 bits per heavy atom. The van der Waals surface area contributed by atoms with Gasteiger partial charge in [0.05, 0.1) is 59.1 Å². The lowest BCUT2D eigenvalue weighted by Gasteiger charge is -2.64. The number of aliphatic hydroxyl groups is 4. The zero-order chi connectivity index (χ0) is 47.7. The molecule has 2 aromatic carbocycles. The Kier molecular flexibility index (Phi) is 10.9. The summed E-state index contributed by atoms with van der Waals surface area (Å²) in [7, 11) is 1.32. The topological polar surface area (TPSA) is 201 Å². The van der Waals surface area contributed by atoms with Crippen LogP contribution in [-0.4, -0.2) is 114 Å². The second kappa shape index (κ2) is 16.0. The largest absolute Gasteiger partial charge is 0.482 e. The first-order chi connectivity index (χ1) is 31.8. The molecular weight excluding hydrogens is 859 g/mol. The van der Waals surface area contributed by atoms with Crippen molar-refractivity contribution in [3.8, 4) is 17.2 Å². The monoisotopic (exact) mass is 919 g/mol. The predicted molar refractivity (Wildman–Crippen MR) is 247 cm³/mol. The summed E-state index contributed by atoms with van der Waals surface area (Å²) in [6.45, 7) is 15.2. The molecule has 356 valence electrons. The number of ketones is 1. The summed E-state index contributed by atoms with van der Waals surface area (Å²) in [6, 6.07) is 7.20. The van der Waals surface area contributed by atoms with Crippen LogP contribution >= 0.6 is 0 Å². The summed E-state index contributed by atoms with van der Waals surface area (Å²) in [4.78, 5) is 39.4. The lowest BCUT2D eigenvalue weighted by atomic mass is 9.44. The molecule has 15 heteroatoms.